The number of methoxy groups -OCH3 is 2. The van der Waals surface area contributed by atoms with Crippen LogP contribution in [0.4, 0.5) is 0 Å². The molecule has 3 rings (SSSR count). The van der Waals surface area contributed by atoms with E-state index < -0.39 is 0 Å². The van der Waals surface area contributed by atoms with Crippen LogP contribution in [0.3, 0.4) is 0 Å². The summed E-state index contributed by atoms with van der Waals surface area (Å²) in [5, 5.41) is 4.00. The zero-order chi connectivity index (χ0) is 19.2. The number of aromatic nitrogens is 2. The minimum absolute atomic E-state index is 0.155. The first-order valence-corrected chi connectivity index (χ1v) is 8.55. The van der Waals surface area contributed by atoms with Crippen molar-refractivity contribution in [3.8, 4) is 22.9 Å². The fraction of sp³-hybridized carbons (Fsp3) is 0.250. The normalized spacial score (nSPS) is 10.5. The monoisotopic (exact) mass is 367 g/mol. The second-order valence-corrected chi connectivity index (χ2v) is 5.77. The highest BCUT2D eigenvalue weighted by Gasteiger charge is 2.19. The topological polar surface area (TPSA) is 77.7 Å². The predicted octanol–water partition coefficient (Wildman–Crippen LogP) is 3.42. The summed E-state index contributed by atoms with van der Waals surface area (Å²) in [7, 11) is 3.09. The molecule has 0 aliphatic rings. The van der Waals surface area contributed by atoms with Crippen LogP contribution < -0.4 is 9.47 Å². The lowest BCUT2D eigenvalue weighted by atomic mass is 10.1. The number of ether oxygens (including phenoxy) is 2. The van der Waals surface area contributed by atoms with E-state index in [-0.39, 0.29) is 12.5 Å². The largest absolute Gasteiger partial charge is 0.493 e. The van der Waals surface area contributed by atoms with Crippen LogP contribution in [0.1, 0.15) is 23.2 Å². The van der Waals surface area contributed by atoms with Crippen molar-refractivity contribution >= 4 is 5.91 Å². The van der Waals surface area contributed by atoms with Gasteiger partial charge in [0.2, 0.25) is 11.7 Å². The molecule has 0 saturated carbocycles. The number of hydrogen-bond acceptors (Lipinski definition) is 6. The fourth-order valence-electron chi connectivity index (χ4n) is 2.67. The van der Waals surface area contributed by atoms with Crippen molar-refractivity contribution in [1.82, 2.24) is 15.0 Å². The van der Waals surface area contributed by atoms with Gasteiger partial charge in [-0.1, -0.05) is 35.5 Å². The van der Waals surface area contributed by atoms with Crippen molar-refractivity contribution in [3.05, 3.63) is 60.0 Å². The molecule has 0 aliphatic heterocycles. The molecule has 0 fully saturated rings. The second kappa shape index (κ2) is 8.35. The number of amides is 1. The Balaban J connectivity index is 1.77. The molecule has 2 aromatic carbocycles. The summed E-state index contributed by atoms with van der Waals surface area (Å²) in [5.74, 6) is 1.80. The van der Waals surface area contributed by atoms with Gasteiger partial charge in [-0.05, 0) is 25.1 Å². The molecular weight excluding hydrogens is 346 g/mol. The second-order valence-electron chi connectivity index (χ2n) is 5.77. The van der Waals surface area contributed by atoms with Gasteiger partial charge in [-0.2, -0.15) is 4.98 Å². The number of benzene rings is 2. The SMILES string of the molecule is CCN(Cc1nc(-c2ccccc2)no1)C(=O)c1ccc(OC)c(OC)c1. The minimum Gasteiger partial charge on any atom is -0.493 e. The van der Waals surface area contributed by atoms with Crippen molar-refractivity contribution in [3.63, 3.8) is 0 Å². The molecule has 0 bridgehead atoms. The van der Waals surface area contributed by atoms with E-state index in [9.17, 15) is 4.79 Å². The molecule has 0 aliphatic carbocycles. The Morgan fingerprint density at radius 1 is 1.07 bits per heavy atom. The van der Waals surface area contributed by atoms with Gasteiger partial charge in [0.1, 0.15) is 6.54 Å². The van der Waals surface area contributed by atoms with Gasteiger partial charge in [-0.15, -0.1) is 0 Å². The van der Waals surface area contributed by atoms with E-state index in [1.165, 1.54) is 7.11 Å². The van der Waals surface area contributed by atoms with Gasteiger partial charge in [-0.3, -0.25) is 4.79 Å². The van der Waals surface area contributed by atoms with Crippen LogP contribution in [-0.2, 0) is 6.54 Å². The third-order valence-electron chi connectivity index (χ3n) is 4.13. The van der Waals surface area contributed by atoms with Crippen LogP contribution in [0.15, 0.2) is 53.1 Å². The Morgan fingerprint density at radius 2 is 1.81 bits per heavy atom. The highest BCUT2D eigenvalue weighted by molar-refractivity contribution is 5.94. The average Bonchev–Trinajstić information content (AvgIpc) is 3.20. The maximum atomic E-state index is 12.9. The Bertz CT molecular complexity index is 909. The summed E-state index contributed by atoms with van der Waals surface area (Å²) in [5.41, 5.74) is 1.36. The maximum absolute atomic E-state index is 12.9. The van der Waals surface area contributed by atoms with Gasteiger partial charge in [0.15, 0.2) is 11.5 Å². The highest BCUT2D eigenvalue weighted by atomic mass is 16.5. The summed E-state index contributed by atoms with van der Waals surface area (Å²) in [4.78, 5) is 18.9. The molecule has 0 N–H and O–H groups in total. The maximum Gasteiger partial charge on any atom is 0.254 e. The molecule has 3 aromatic rings. The van der Waals surface area contributed by atoms with E-state index in [2.05, 4.69) is 10.1 Å². The van der Waals surface area contributed by atoms with E-state index in [4.69, 9.17) is 14.0 Å². The zero-order valence-electron chi connectivity index (χ0n) is 15.5. The number of hydrogen-bond donors (Lipinski definition) is 0. The molecule has 0 spiro atoms. The molecule has 0 radical (unpaired) electrons. The van der Waals surface area contributed by atoms with Crippen LogP contribution in [-0.4, -0.2) is 41.7 Å². The van der Waals surface area contributed by atoms with Crippen molar-refractivity contribution in [1.29, 1.82) is 0 Å². The van der Waals surface area contributed by atoms with E-state index >= 15 is 0 Å². The van der Waals surface area contributed by atoms with Crippen LogP contribution in [0.2, 0.25) is 0 Å². The quantitative estimate of drug-likeness (QED) is 0.637. The number of carbonyl (C=O) groups is 1. The van der Waals surface area contributed by atoms with Gasteiger partial charge < -0.3 is 18.9 Å². The number of nitrogens with zero attached hydrogens (tertiary/aromatic N) is 3. The molecule has 27 heavy (non-hydrogen) atoms. The van der Waals surface area contributed by atoms with Gasteiger partial charge in [0, 0.05) is 17.7 Å². The molecule has 7 heteroatoms. The minimum atomic E-state index is -0.155. The number of rotatable bonds is 7. The summed E-state index contributed by atoms with van der Waals surface area (Å²) in [6.45, 7) is 2.62. The molecule has 0 atom stereocenters. The van der Waals surface area contributed by atoms with Crippen LogP contribution in [0.25, 0.3) is 11.4 Å². The molecule has 1 aromatic heterocycles. The van der Waals surface area contributed by atoms with Crippen LogP contribution >= 0.6 is 0 Å². The van der Waals surface area contributed by atoms with Crippen molar-refractivity contribution < 1.29 is 18.8 Å². The third kappa shape index (κ3) is 4.08. The van der Waals surface area contributed by atoms with Gasteiger partial charge >= 0.3 is 0 Å². The van der Waals surface area contributed by atoms with Gasteiger partial charge in [-0.25, -0.2) is 0 Å². The smallest absolute Gasteiger partial charge is 0.254 e. The van der Waals surface area contributed by atoms with E-state index in [0.717, 1.165) is 5.56 Å². The lowest BCUT2D eigenvalue weighted by Gasteiger charge is -2.19. The molecule has 0 saturated heterocycles. The summed E-state index contributed by atoms with van der Waals surface area (Å²) in [6.07, 6.45) is 0. The first-order chi connectivity index (χ1) is 13.2. The first-order valence-electron chi connectivity index (χ1n) is 8.55. The summed E-state index contributed by atoms with van der Waals surface area (Å²) < 4.78 is 15.8. The number of carbonyl (C=O) groups excluding carboxylic acids is 1. The highest BCUT2D eigenvalue weighted by Crippen LogP contribution is 2.28. The fourth-order valence-corrected chi connectivity index (χ4v) is 2.67. The van der Waals surface area contributed by atoms with Crippen LogP contribution in [0.5, 0.6) is 11.5 Å². The standard InChI is InChI=1S/C20H21N3O4/c1-4-23(20(24)15-10-11-16(25-2)17(12-15)26-3)13-18-21-19(22-27-18)14-8-6-5-7-9-14/h5-12H,4,13H2,1-3H3. The van der Waals surface area contributed by atoms with E-state index in [1.54, 1.807) is 30.2 Å². The Kier molecular flexibility index (Phi) is 5.71. The average molecular weight is 367 g/mol. The van der Waals surface area contributed by atoms with E-state index in [0.29, 0.717) is 35.3 Å². The van der Waals surface area contributed by atoms with Crippen LogP contribution in [0, 0.1) is 0 Å². The molecule has 7 nitrogen and oxygen atoms in total. The molecule has 140 valence electrons. The van der Waals surface area contributed by atoms with Crippen molar-refractivity contribution in [2.45, 2.75) is 13.5 Å². The Morgan fingerprint density at radius 3 is 2.48 bits per heavy atom. The van der Waals surface area contributed by atoms with Gasteiger partial charge in [0.25, 0.3) is 5.91 Å². The van der Waals surface area contributed by atoms with Gasteiger partial charge in [0.05, 0.1) is 14.2 Å². The molecule has 1 heterocycles. The van der Waals surface area contributed by atoms with Crippen molar-refractivity contribution in [2.75, 3.05) is 20.8 Å². The zero-order valence-corrected chi connectivity index (χ0v) is 15.5. The summed E-state index contributed by atoms with van der Waals surface area (Å²) in [6, 6.07) is 14.6. The molecule has 1 amide bonds. The summed E-state index contributed by atoms with van der Waals surface area (Å²) >= 11 is 0. The van der Waals surface area contributed by atoms with Crippen molar-refractivity contribution in [2.24, 2.45) is 0 Å². The Hall–Kier alpha value is -3.35. The molecular formula is C20H21N3O4. The lowest BCUT2D eigenvalue weighted by molar-refractivity contribution is 0.0734. The van der Waals surface area contributed by atoms with E-state index in [1.807, 2.05) is 37.3 Å². The lowest BCUT2D eigenvalue weighted by Crippen LogP contribution is -2.30. The first kappa shape index (κ1) is 18.4. The predicted molar refractivity (Wildman–Crippen MR) is 99.7 cm³/mol. The third-order valence-corrected chi connectivity index (χ3v) is 4.13. The Labute approximate surface area is 157 Å². The molecule has 0 unspecified atom stereocenters.